The number of halogens is 1. The number of amides is 2. The first-order chi connectivity index (χ1) is 15.8. The maximum atomic E-state index is 12.6. The van der Waals surface area contributed by atoms with E-state index in [0.29, 0.717) is 40.1 Å². The van der Waals surface area contributed by atoms with Crippen molar-refractivity contribution in [1.29, 1.82) is 0 Å². The summed E-state index contributed by atoms with van der Waals surface area (Å²) >= 11 is 6.07. The van der Waals surface area contributed by atoms with Crippen molar-refractivity contribution in [1.82, 2.24) is 0 Å². The van der Waals surface area contributed by atoms with Gasteiger partial charge in [-0.3, -0.25) is 9.59 Å². The third-order valence-electron chi connectivity index (χ3n) is 4.50. The summed E-state index contributed by atoms with van der Waals surface area (Å²) in [6.07, 6.45) is -0.747. The summed E-state index contributed by atoms with van der Waals surface area (Å²) in [5, 5.41) is 6.04. The van der Waals surface area contributed by atoms with Crippen molar-refractivity contribution in [3.63, 3.8) is 0 Å². The lowest BCUT2D eigenvalue weighted by Gasteiger charge is -2.16. The zero-order valence-electron chi connectivity index (χ0n) is 18.4. The van der Waals surface area contributed by atoms with E-state index in [4.69, 9.17) is 21.1 Å². The molecule has 0 aliphatic heterocycles. The van der Waals surface area contributed by atoms with Crippen molar-refractivity contribution in [2.45, 2.75) is 20.0 Å². The summed E-state index contributed by atoms with van der Waals surface area (Å²) in [6, 6.07) is 20.7. The van der Waals surface area contributed by atoms with Crippen LogP contribution >= 0.6 is 11.6 Å². The van der Waals surface area contributed by atoms with Gasteiger partial charge in [0.15, 0.2) is 6.10 Å². The van der Waals surface area contributed by atoms with Gasteiger partial charge >= 0.3 is 0 Å². The Morgan fingerprint density at radius 3 is 2.30 bits per heavy atom. The highest BCUT2D eigenvalue weighted by Gasteiger charge is 2.16. The molecule has 1 unspecified atom stereocenters. The molecule has 3 rings (SSSR count). The highest BCUT2D eigenvalue weighted by molar-refractivity contribution is 6.32. The average Bonchev–Trinajstić information content (AvgIpc) is 2.80. The van der Waals surface area contributed by atoms with Crippen LogP contribution in [0, 0.1) is 0 Å². The molecule has 0 radical (unpaired) electrons. The van der Waals surface area contributed by atoms with Crippen LogP contribution in [-0.4, -0.2) is 24.5 Å². The fraction of sp³-hybridized carbons (Fsp3) is 0.154. The first kappa shape index (κ1) is 23.9. The van der Waals surface area contributed by atoms with Gasteiger partial charge in [0.25, 0.3) is 11.8 Å². The van der Waals surface area contributed by atoms with Crippen LogP contribution in [0.5, 0.6) is 11.5 Å². The lowest BCUT2D eigenvalue weighted by atomic mass is 10.2. The van der Waals surface area contributed by atoms with E-state index >= 15 is 0 Å². The van der Waals surface area contributed by atoms with E-state index in [1.807, 2.05) is 6.92 Å². The fourth-order valence-electron chi connectivity index (χ4n) is 2.80. The Hall–Kier alpha value is -3.77. The van der Waals surface area contributed by atoms with Gasteiger partial charge in [-0.15, -0.1) is 0 Å². The molecule has 0 saturated carbocycles. The summed E-state index contributed by atoms with van der Waals surface area (Å²) in [5.74, 6) is 0.443. The number of nitrogens with one attached hydrogen (secondary N) is 2. The minimum Gasteiger partial charge on any atom is -0.489 e. The maximum absolute atomic E-state index is 12.6. The predicted octanol–water partition coefficient (Wildman–Crippen LogP) is 5.95. The molecule has 1 atom stereocenters. The quantitative estimate of drug-likeness (QED) is 0.383. The summed E-state index contributed by atoms with van der Waals surface area (Å²) in [5.41, 5.74) is 2.52. The van der Waals surface area contributed by atoms with E-state index in [-0.39, 0.29) is 11.8 Å². The maximum Gasteiger partial charge on any atom is 0.265 e. The van der Waals surface area contributed by atoms with Crippen molar-refractivity contribution >= 4 is 34.8 Å². The van der Waals surface area contributed by atoms with Crippen LogP contribution in [0.4, 0.5) is 11.4 Å². The zero-order valence-corrected chi connectivity index (χ0v) is 19.2. The predicted molar refractivity (Wildman–Crippen MR) is 131 cm³/mol. The molecule has 0 fully saturated rings. The van der Waals surface area contributed by atoms with E-state index in [0.717, 1.165) is 5.57 Å². The van der Waals surface area contributed by atoms with Gasteiger partial charge in [-0.2, -0.15) is 0 Å². The van der Waals surface area contributed by atoms with Gasteiger partial charge in [0.2, 0.25) is 0 Å². The highest BCUT2D eigenvalue weighted by atomic mass is 35.5. The highest BCUT2D eigenvalue weighted by Crippen LogP contribution is 2.24. The normalized spacial score (nSPS) is 11.2. The molecule has 2 N–H and O–H groups in total. The van der Waals surface area contributed by atoms with Crippen molar-refractivity contribution in [2.75, 3.05) is 17.2 Å². The second-order valence-electron chi connectivity index (χ2n) is 7.48. The summed E-state index contributed by atoms with van der Waals surface area (Å²) in [6.45, 7) is 7.70. The molecule has 6 nitrogen and oxygen atoms in total. The number of ether oxygens (including phenoxy) is 2. The molecule has 0 aromatic heterocycles. The Labute approximate surface area is 198 Å². The van der Waals surface area contributed by atoms with E-state index in [9.17, 15) is 9.59 Å². The number of para-hydroxylation sites is 1. The van der Waals surface area contributed by atoms with Crippen LogP contribution in [0.15, 0.2) is 84.9 Å². The summed E-state index contributed by atoms with van der Waals surface area (Å²) in [4.78, 5) is 25.0. The Morgan fingerprint density at radius 1 is 0.970 bits per heavy atom. The lowest BCUT2D eigenvalue weighted by molar-refractivity contribution is -0.122. The van der Waals surface area contributed by atoms with Crippen LogP contribution in [0.1, 0.15) is 24.2 Å². The number of anilines is 2. The number of hydrogen-bond donors (Lipinski definition) is 2. The van der Waals surface area contributed by atoms with Crippen LogP contribution in [0.25, 0.3) is 0 Å². The molecule has 0 spiro atoms. The molecule has 2 amide bonds. The van der Waals surface area contributed by atoms with Crippen LogP contribution < -0.4 is 20.1 Å². The van der Waals surface area contributed by atoms with Crippen molar-refractivity contribution in [3.8, 4) is 11.5 Å². The Bertz CT molecular complexity index is 1150. The number of benzene rings is 3. The van der Waals surface area contributed by atoms with Gasteiger partial charge in [0.05, 0.1) is 5.02 Å². The Kier molecular flexibility index (Phi) is 8.11. The minimum atomic E-state index is -0.747. The van der Waals surface area contributed by atoms with E-state index in [1.165, 1.54) is 0 Å². The Morgan fingerprint density at radius 2 is 1.64 bits per heavy atom. The third-order valence-corrected chi connectivity index (χ3v) is 4.81. The van der Waals surface area contributed by atoms with Gasteiger partial charge in [-0.1, -0.05) is 36.4 Å². The van der Waals surface area contributed by atoms with Gasteiger partial charge in [-0.25, -0.2) is 0 Å². The smallest absolute Gasteiger partial charge is 0.265 e. The molecule has 0 heterocycles. The molecular weight excluding hydrogens is 440 g/mol. The monoisotopic (exact) mass is 464 g/mol. The largest absolute Gasteiger partial charge is 0.489 e. The van der Waals surface area contributed by atoms with Gasteiger partial charge in [0.1, 0.15) is 18.1 Å². The molecule has 3 aromatic carbocycles. The molecule has 0 saturated heterocycles. The van der Waals surface area contributed by atoms with E-state index in [1.54, 1.807) is 79.7 Å². The van der Waals surface area contributed by atoms with Crippen molar-refractivity contribution in [3.05, 3.63) is 95.5 Å². The zero-order chi connectivity index (χ0) is 23.8. The summed E-state index contributed by atoms with van der Waals surface area (Å²) < 4.78 is 11.2. The first-order valence-corrected chi connectivity index (χ1v) is 10.7. The second kappa shape index (κ2) is 11.2. The number of carbonyl (C=O) groups excluding carboxylic acids is 2. The topological polar surface area (TPSA) is 76.7 Å². The SMILES string of the molecule is C=C(C)COc1cccc(C(=O)Nc2ccc(NC(=O)C(C)Oc3ccccc3Cl)cc2)c1. The molecule has 0 aliphatic rings. The minimum absolute atomic E-state index is 0.269. The first-order valence-electron chi connectivity index (χ1n) is 10.3. The second-order valence-corrected chi connectivity index (χ2v) is 7.89. The van der Waals surface area contributed by atoms with E-state index < -0.39 is 6.10 Å². The van der Waals surface area contributed by atoms with Gasteiger partial charge in [-0.05, 0) is 74.0 Å². The van der Waals surface area contributed by atoms with Gasteiger partial charge < -0.3 is 20.1 Å². The van der Waals surface area contributed by atoms with Crippen LogP contribution in [0.3, 0.4) is 0 Å². The molecule has 7 heteroatoms. The average molecular weight is 465 g/mol. The van der Waals surface area contributed by atoms with E-state index in [2.05, 4.69) is 17.2 Å². The standard InChI is InChI=1S/C26H25ClN2O4/c1-17(2)16-32-22-8-6-7-19(15-22)26(31)29-21-13-11-20(12-14-21)28-25(30)18(3)33-24-10-5-4-9-23(24)27/h4-15,18H,1,16H2,2-3H3,(H,28,30)(H,29,31). The van der Waals surface area contributed by atoms with Crippen LogP contribution in [0.2, 0.25) is 5.02 Å². The molecule has 170 valence electrons. The molecule has 33 heavy (non-hydrogen) atoms. The van der Waals surface area contributed by atoms with Gasteiger partial charge in [0, 0.05) is 16.9 Å². The third kappa shape index (κ3) is 7.12. The molecule has 0 bridgehead atoms. The number of carbonyl (C=O) groups is 2. The molecular formula is C26H25ClN2O4. The fourth-order valence-corrected chi connectivity index (χ4v) is 2.98. The lowest BCUT2D eigenvalue weighted by Crippen LogP contribution is -2.30. The molecule has 0 aliphatic carbocycles. The Balaban J connectivity index is 1.56. The number of hydrogen-bond acceptors (Lipinski definition) is 4. The van der Waals surface area contributed by atoms with Crippen molar-refractivity contribution in [2.24, 2.45) is 0 Å². The summed E-state index contributed by atoms with van der Waals surface area (Å²) in [7, 11) is 0. The van der Waals surface area contributed by atoms with Crippen molar-refractivity contribution < 1.29 is 19.1 Å². The number of rotatable bonds is 9. The van der Waals surface area contributed by atoms with Crippen LogP contribution in [-0.2, 0) is 4.79 Å². The molecule has 3 aromatic rings.